The number of amides is 1. The van der Waals surface area contributed by atoms with Gasteiger partial charge in [-0.1, -0.05) is 30.3 Å². The molecule has 3 rings (SSSR count). The summed E-state index contributed by atoms with van der Waals surface area (Å²) in [4.78, 5) is 16.1. The van der Waals surface area contributed by atoms with Crippen LogP contribution in [0.3, 0.4) is 0 Å². The predicted molar refractivity (Wildman–Crippen MR) is 91.5 cm³/mol. The van der Waals surface area contributed by atoms with Gasteiger partial charge in [0.2, 0.25) is 20.1 Å². The maximum atomic E-state index is 12.3. The highest BCUT2D eigenvalue weighted by atomic mass is 32.2. The fraction of sp³-hybridized carbons (Fsp3) is 0.375. The van der Waals surface area contributed by atoms with Crippen molar-refractivity contribution in [1.29, 1.82) is 0 Å². The Bertz CT molecular complexity index is 796. The van der Waals surface area contributed by atoms with E-state index >= 15 is 0 Å². The molecule has 1 aliphatic rings. The summed E-state index contributed by atoms with van der Waals surface area (Å²) in [5, 5.41) is 4.36. The van der Waals surface area contributed by atoms with Crippen molar-refractivity contribution in [1.82, 2.24) is 10.3 Å². The lowest BCUT2D eigenvalue weighted by Gasteiger charge is -2.09. The van der Waals surface area contributed by atoms with Crippen molar-refractivity contribution in [2.45, 2.75) is 10.8 Å². The van der Waals surface area contributed by atoms with Crippen LogP contribution in [0.5, 0.6) is 0 Å². The maximum Gasteiger partial charge on any atom is 0.235 e. The number of aromatic nitrogens is 1. The molecule has 1 aromatic heterocycles. The number of hydrogen-bond donors (Lipinski definition) is 1. The summed E-state index contributed by atoms with van der Waals surface area (Å²) >= 11 is 1.04. The van der Waals surface area contributed by atoms with Crippen molar-refractivity contribution in [3.8, 4) is 11.3 Å². The molecule has 8 heteroatoms. The van der Waals surface area contributed by atoms with Crippen molar-refractivity contribution in [3.05, 3.63) is 35.7 Å². The molecular weight excluding hydrogens is 348 g/mol. The van der Waals surface area contributed by atoms with Gasteiger partial charge < -0.3 is 10.1 Å². The summed E-state index contributed by atoms with van der Waals surface area (Å²) in [7, 11) is -3.73. The molecule has 1 N–H and O–H groups in total. The van der Waals surface area contributed by atoms with Gasteiger partial charge in [0.05, 0.1) is 12.3 Å². The zero-order chi connectivity index (χ0) is 17.0. The topological polar surface area (TPSA) is 85.4 Å². The number of benzene rings is 1. The summed E-state index contributed by atoms with van der Waals surface area (Å²) in [6, 6.07) is 9.34. The standard InChI is InChI=1S/C16H18N2O4S2/c19-15(17-8-12-6-7-22-9-12)11-24(20,21)16-18-14(10-23-16)13-4-2-1-3-5-13/h1-5,10,12H,6-9,11H2,(H,17,19). The lowest BCUT2D eigenvalue weighted by atomic mass is 10.1. The number of nitrogens with one attached hydrogen (secondary N) is 1. The zero-order valence-electron chi connectivity index (χ0n) is 13.0. The Morgan fingerprint density at radius 1 is 1.33 bits per heavy atom. The van der Waals surface area contributed by atoms with Crippen molar-refractivity contribution in [2.75, 3.05) is 25.5 Å². The average Bonchev–Trinajstić information content (AvgIpc) is 3.25. The summed E-state index contributed by atoms with van der Waals surface area (Å²) in [6.45, 7) is 1.75. The van der Waals surface area contributed by atoms with E-state index in [1.807, 2.05) is 30.3 Å². The summed E-state index contributed by atoms with van der Waals surface area (Å²) in [6.07, 6.45) is 0.889. The number of carbonyl (C=O) groups is 1. The highest BCUT2D eigenvalue weighted by molar-refractivity contribution is 7.94. The fourth-order valence-electron chi connectivity index (χ4n) is 2.43. The zero-order valence-corrected chi connectivity index (χ0v) is 14.6. The number of hydrogen-bond acceptors (Lipinski definition) is 6. The van der Waals surface area contributed by atoms with Crippen molar-refractivity contribution in [2.24, 2.45) is 5.92 Å². The SMILES string of the molecule is O=C(CS(=O)(=O)c1nc(-c2ccccc2)cs1)NCC1CCOC1. The molecule has 0 aliphatic carbocycles. The van der Waals surface area contributed by atoms with E-state index in [-0.39, 0.29) is 10.3 Å². The van der Waals surface area contributed by atoms with Crippen LogP contribution in [0.1, 0.15) is 6.42 Å². The van der Waals surface area contributed by atoms with Crippen LogP contribution in [0, 0.1) is 5.92 Å². The minimum Gasteiger partial charge on any atom is -0.381 e. The van der Waals surface area contributed by atoms with Crippen LogP contribution in [0.2, 0.25) is 0 Å². The lowest BCUT2D eigenvalue weighted by molar-refractivity contribution is -0.118. The van der Waals surface area contributed by atoms with Gasteiger partial charge in [-0.25, -0.2) is 13.4 Å². The first-order chi connectivity index (χ1) is 11.5. The molecule has 128 valence electrons. The van der Waals surface area contributed by atoms with Gasteiger partial charge in [0.15, 0.2) is 0 Å². The quantitative estimate of drug-likeness (QED) is 0.842. The summed E-state index contributed by atoms with van der Waals surface area (Å²) in [5.74, 6) is -0.818. The Labute approximate surface area is 144 Å². The van der Waals surface area contributed by atoms with Crippen LogP contribution in [0.4, 0.5) is 0 Å². The molecule has 1 unspecified atom stereocenters. The van der Waals surface area contributed by atoms with Gasteiger partial charge in [-0.3, -0.25) is 4.79 Å². The largest absolute Gasteiger partial charge is 0.381 e. The normalized spacial score (nSPS) is 17.8. The molecule has 0 spiro atoms. The van der Waals surface area contributed by atoms with Crippen LogP contribution in [-0.2, 0) is 19.4 Å². The first-order valence-electron chi connectivity index (χ1n) is 7.63. The maximum absolute atomic E-state index is 12.3. The van der Waals surface area contributed by atoms with Gasteiger partial charge in [-0.05, 0) is 6.42 Å². The molecule has 0 saturated carbocycles. The van der Waals surface area contributed by atoms with E-state index in [9.17, 15) is 13.2 Å². The molecule has 24 heavy (non-hydrogen) atoms. The Balaban J connectivity index is 1.62. The van der Waals surface area contributed by atoms with Gasteiger partial charge in [0.25, 0.3) is 0 Å². The third-order valence-electron chi connectivity index (χ3n) is 3.75. The molecule has 0 bridgehead atoms. The number of sulfone groups is 1. The molecule has 0 radical (unpaired) electrons. The molecule has 1 atom stereocenters. The van der Waals surface area contributed by atoms with Crippen molar-refractivity contribution < 1.29 is 17.9 Å². The van der Waals surface area contributed by atoms with Gasteiger partial charge in [-0.15, -0.1) is 11.3 Å². The second-order valence-electron chi connectivity index (χ2n) is 5.66. The minimum absolute atomic E-state index is 0.0271. The predicted octanol–water partition coefficient (Wildman–Crippen LogP) is 1.74. The molecule has 2 heterocycles. The van der Waals surface area contributed by atoms with Crippen molar-refractivity contribution >= 4 is 27.1 Å². The monoisotopic (exact) mass is 366 g/mol. The molecule has 1 amide bonds. The second kappa shape index (κ2) is 7.42. The Hall–Kier alpha value is -1.77. The van der Waals surface area contributed by atoms with E-state index in [2.05, 4.69) is 10.3 Å². The average molecular weight is 366 g/mol. The van der Waals surface area contributed by atoms with Gasteiger partial charge in [-0.2, -0.15) is 0 Å². The fourth-order valence-corrected chi connectivity index (χ4v) is 4.70. The third-order valence-corrected chi connectivity index (χ3v) is 6.70. The van der Waals surface area contributed by atoms with E-state index < -0.39 is 21.5 Å². The van der Waals surface area contributed by atoms with Crippen LogP contribution < -0.4 is 5.32 Å². The Kier molecular flexibility index (Phi) is 5.27. The van der Waals surface area contributed by atoms with Gasteiger partial charge in [0, 0.05) is 30.0 Å². The van der Waals surface area contributed by atoms with Crippen LogP contribution >= 0.6 is 11.3 Å². The number of rotatable bonds is 6. The summed E-state index contributed by atoms with van der Waals surface area (Å²) in [5.41, 5.74) is 1.45. The van der Waals surface area contributed by atoms with E-state index in [0.29, 0.717) is 25.5 Å². The third kappa shape index (κ3) is 4.19. The van der Waals surface area contributed by atoms with E-state index in [4.69, 9.17) is 4.74 Å². The number of carbonyl (C=O) groups excluding carboxylic acids is 1. The van der Waals surface area contributed by atoms with Crippen LogP contribution in [-0.4, -0.2) is 44.8 Å². The first kappa shape index (κ1) is 17.1. The van der Waals surface area contributed by atoms with Gasteiger partial charge in [0.1, 0.15) is 5.75 Å². The number of ether oxygens (including phenoxy) is 1. The smallest absolute Gasteiger partial charge is 0.235 e. The van der Waals surface area contributed by atoms with E-state index in [1.54, 1.807) is 5.38 Å². The molecular formula is C16H18N2O4S2. The molecule has 1 saturated heterocycles. The highest BCUT2D eigenvalue weighted by Crippen LogP contribution is 2.25. The molecule has 6 nitrogen and oxygen atoms in total. The van der Waals surface area contributed by atoms with E-state index in [0.717, 1.165) is 23.3 Å². The molecule has 1 fully saturated rings. The van der Waals surface area contributed by atoms with Crippen LogP contribution in [0.25, 0.3) is 11.3 Å². The van der Waals surface area contributed by atoms with Gasteiger partial charge >= 0.3 is 0 Å². The van der Waals surface area contributed by atoms with Crippen molar-refractivity contribution in [3.63, 3.8) is 0 Å². The summed E-state index contributed by atoms with van der Waals surface area (Å²) < 4.78 is 29.9. The molecule has 1 aromatic carbocycles. The minimum atomic E-state index is -3.73. The number of thiazole rings is 1. The Morgan fingerprint density at radius 2 is 2.12 bits per heavy atom. The Morgan fingerprint density at radius 3 is 2.83 bits per heavy atom. The second-order valence-corrected chi connectivity index (χ2v) is 8.68. The first-order valence-corrected chi connectivity index (χ1v) is 10.2. The number of nitrogens with zero attached hydrogens (tertiary/aromatic N) is 1. The molecule has 2 aromatic rings. The van der Waals surface area contributed by atoms with E-state index in [1.165, 1.54) is 0 Å². The van der Waals surface area contributed by atoms with Crippen LogP contribution in [0.15, 0.2) is 40.1 Å². The lowest BCUT2D eigenvalue weighted by Crippen LogP contribution is -2.34. The highest BCUT2D eigenvalue weighted by Gasteiger charge is 2.24. The molecule has 1 aliphatic heterocycles.